The van der Waals surface area contributed by atoms with E-state index in [9.17, 15) is 4.57 Å². The Morgan fingerprint density at radius 2 is 1.77 bits per heavy atom. The maximum Gasteiger partial charge on any atom is 0.378 e. The van der Waals surface area contributed by atoms with E-state index in [0.717, 1.165) is 0 Å². The summed E-state index contributed by atoms with van der Waals surface area (Å²) in [6.07, 6.45) is 0.341. The molecule has 0 spiro atoms. The molecular weight excluding hydrogens is 193 g/mol. The molecule has 0 aliphatic rings. The molecule has 0 aromatic heterocycles. The number of hydrogen-bond donors (Lipinski definition) is 1. The summed E-state index contributed by atoms with van der Waals surface area (Å²) >= 11 is 0. The number of hydrogen-bond acceptors (Lipinski definition) is 5. The molecule has 0 unspecified atom stereocenters. The first-order valence-corrected chi connectivity index (χ1v) is 5.79. The molecule has 0 amide bonds. The summed E-state index contributed by atoms with van der Waals surface area (Å²) in [5.74, 6) is 0. The normalized spacial score (nSPS) is 13.3. The van der Waals surface area contributed by atoms with Gasteiger partial charge in [0.2, 0.25) is 0 Å². The molecule has 0 aliphatic carbocycles. The van der Waals surface area contributed by atoms with E-state index in [-0.39, 0.29) is 18.7 Å². The zero-order chi connectivity index (χ0) is 10.3. The Bertz CT molecular complexity index is 207. The van der Waals surface area contributed by atoms with Gasteiger partial charge in [0, 0.05) is 0 Å². The molecule has 6 heteroatoms. The first kappa shape index (κ1) is 12.6. The van der Waals surface area contributed by atoms with Crippen molar-refractivity contribution in [3.8, 4) is 0 Å². The maximum atomic E-state index is 11.8. The van der Waals surface area contributed by atoms with Gasteiger partial charge in [0.25, 0.3) is 0 Å². The maximum absolute atomic E-state index is 11.8. The van der Waals surface area contributed by atoms with Crippen LogP contribution >= 0.6 is 7.60 Å². The first-order chi connectivity index (χ1) is 6.14. The quantitative estimate of drug-likeness (QED) is 0.316. The van der Waals surface area contributed by atoms with Gasteiger partial charge in [-0.15, -0.1) is 0 Å². The van der Waals surface area contributed by atoms with Crippen LogP contribution in [0.4, 0.5) is 0 Å². The summed E-state index contributed by atoms with van der Waals surface area (Å²) < 4.78 is 21.8. The van der Waals surface area contributed by atoms with Crippen molar-refractivity contribution in [2.45, 2.75) is 27.2 Å². The minimum Gasteiger partial charge on any atom is -0.410 e. The molecule has 13 heavy (non-hydrogen) atoms. The van der Waals surface area contributed by atoms with E-state index in [1.54, 1.807) is 20.8 Å². The second-order valence-corrected chi connectivity index (χ2v) is 4.23. The van der Waals surface area contributed by atoms with E-state index in [4.69, 9.17) is 14.3 Å². The van der Waals surface area contributed by atoms with E-state index >= 15 is 0 Å². The Balaban J connectivity index is 4.66. The second kappa shape index (κ2) is 6.13. The number of oxime groups is 1. The van der Waals surface area contributed by atoms with Crippen LogP contribution in [0.2, 0.25) is 0 Å². The number of nitrogens with zero attached hydrogens (tertiary/aromatic N) is 1. The van der Waals surface area contributed by atoms with E-state index in [1.807, 2.05) is 0 Å². The van der Waals surface area contributed by atoms with Crippen molar-refractivity contribution >= 4 is 13.0 Å². The van der Waals surface area contributed by atoms with Gasteiger partial charge in [0.05, 0.1) is 13.2 Å². The standard InChI is InChI=1S/C7H16NO4P/c1-4-7(8-9)13(10,11-5-2)12-6-3/h9H,4-6H2,1-3H3/b8-7+. The summed E-state index contributed by atoms with van der Waals surface area (Å²) in [4.78, 5) is 0. The van der Waals surface area contributed by atoms with Crippen molar-refractivity contribution < 1.29 is 18.8 Å². The summed E-state index contributed by atoms with van der Waals surface area (Å²) in [6, 6.07) is 0. The van der Waals surface area contributed by atoms with Gasteiger partial charge in [-0.05, 0) is 20.3 Å². The average Bonchev–Trinajstić information content (AvgIpc) is 2.07. The van der Waals surface area contributed by atoms with Crippen molar-refractivity contribution in [3.05, 3.63) is 0 Å². The minimum absolute atomic E-state index is 0.0659. The summed E-state index contributed by atoms with van der Waals surface area (Å²) in [6.45, 7) is 5.65. The van der Waals surface area contributed by atoms with Crippen LogP contribution < -0.4 is 0 Å². The highest BCUT2D eigenvalue weighted by atomic mass is 31.2. The van der Waals surface area contributed by atoms with E-state index in [2.05, 4.69) is 5.16 Å². The lowest BCUT2D eigenvalue weighted by atomic mass is 10.5. The molecule has 1 N–H and O–H groups in total. The van der Waals surface area contributed by atoms with E-state index in [1.165, 1.54) is 0 Å². The molecule has 0 fully saturated rings. The molecule has 0 aliphatic heterocycles. The highest BCUT2D eigenvalue weighted by Gasteiger charge is 2.30. The minimum atomic E-state index is -3.33. The van der Waals surface area contributed by atoms with Crippen molar-refractivity contribution in [1.29, 1.82) is 0 Å². The zero-order valence-electron chi connectivity index (χ0n) is 8.19. The average molecular weight is 209 g/mol. The Kier molecular flexibility index (Phi) is 5.95. The van der Waals surface area contributed by atoms with Gasteiger partial charge >= 0.3 is 7.60 Å². The third kappa shape index (κ3) is 3.46. The predicted molar refractivity (Wildman–Crippen MR) is 50.4 cm³/mol. The summed E-state index contributed by atoms with van der Waals surface area (Å²) in [5, 5.41) is 11.5. The monoisotopic (exact) mass is 209 g/mol. The largest absolute Gasteiger partial charge is 0.410 e. The van der Waals surface area contributed by atoms with Gasteiger partial charge in [-0.1, -0.05) is 12.1 Å². The Labute approximate surface area is 78.3 Å². The molecular formula is C7H16NO4P. The first-order valence-electron chi connectivity index (χ1n) is 4.25. The molecule has 0 saturated heterocycles. The molecule has 0 bridgehead atoms. The van der Waals surface area contributed by atoms with Crippen LogP contribution in [0.15, 0.2) is 5.16 Å². The lowest BCUT2D eigenvalue weighted by molar-refractivity contribution is 0.229. The predicted octanol–water partition coefficient (Wildman–Crippen LogP) is 2.45. The van der Waals surface area contributed by atoms with Gasteiger partial charge in [-0.2, -0.15) is 0 Å². The molecule has 0 aromatic carbocycles. The molecule has 0 atom stereocenters. The van der Waals surface area contributed by atoms with Crippen LogP contribution in [-0.4, -0.2) is 23.9 Å². The fourth-order valence-electron chi connectivity index (χ4n) is 0.845. The van der Waals surface area contributed by atoms with Crippen LogP contribution in [0.1, 0.15) is 27.2 Å². The SMILES string of the molecule is CCOP(=O)(OCC)/C(CC)=N/O. The molecule has 5 nitrogen and oxygen atoms in total. The third-order valence-electron chi connectivity index (χ3n) is 1.35. The molecule has 0 aromatic rings. The Morgan fingerprint density at radius 1 is 1.31 bits per heavy atom. The van der Waals surface area contributed by atoms with Gasteiger partial charge in [-0.3, -0.25) is 4.57 Å². The third-order valence-corrected chi connectivity index (χ3v) is 3.58. The van der Waals surface area contributed by atoms with Crippen molar-refractivity contribution in [2.24, 2.45) is 5.16 Å². The van der Waals surface area contributed by atoms with Crippen molar-refractivity contribution in [3.63, 3.8) is 0 Å². The van der Waals surface area contributed by atoms with Crippen LogP contribution in [0.5, 0.6) is 0 Å². The van der Waals surface area contributed by atoms with Crippen LogP contribution in [0.3, 0.4) is 0 Å². The van der Waals surface area contributed by atoms with Crippen LogP contribution in [0.25, 0.3) is 0 Å². The Hall–Kier alpha value is -0.380. The topological polar surface area (TPSA) is 68.1 Å². The number of rotatable bonds is 6. The van der Waals surface area contributed by atoms with Gasteiger partial charge in [-0.25, -0.2) is 0 Å². The van der Waals surface area contributed by atoms with Gasteiger partial charge in [0.1, 0.15) is 0 Å². The van der Waals surface area contributed by atoms with E-state index < -0.39 is 7.60 Å². The second-order valence-electron chi connectivity index (χ2n) is 2.20. The fourth-order valence-corrected chi connectivity index (χ4v) is 2.39. The molecule has 0 heterocycles. The molecule has 78 valence electrons. The lowest BCUT2D eigenvalue weighted by Gasteiger charge is -2.16. The highest BCUT2D eigenvalue weighted by Crippen LogP contribution is 2.50. The van der Waals surface area contributed by atoms with Gasteiger partial charge in [0.15, 0.2) is 5.45 Å². The summed E-state index contributed by atoms with van der Waals surface area (Å²) in [7, 11) is -3.33. The lowest BCUT2D eigenvalue weighted by Crippen LogP contribution is -2.06. The smallest absolute Gasteiger partial charge is 0.378 e. The Morgan fingerprint density at radius 3 is 2.00 bits per heavy atom. The summed E-state index contributed by atoms with van der Waals surface area (Å²) in [5.41, 5.74) is 0.0659. The van der Waals surface area contributed by atoms with Crippen molar-refractivity contribution in [1.82, 2.24) is 0 Å². The fraction of sp³-hybridized carbons (Fsp3) is 0.857. The molecule has 0 saturated carbocycles. The molecule has 0 rings (SSSR count). The van der Waals surface area contributed by atoms with E-state index in [0.29, 0.717) is 6.42 Å². The van der Waals surface area contributed by atoms with Crippen LogP contribution in [-0.2, 0) is 13.6 Å². The highest BCUT2D eigenvalue weighted by molar-refractivity contribution is 7.72. The van der Waals surface area contributed by atoms with Crippen LogP contribution in [0, 0.1) is 0 Å². The van der Waals surface area contributed by atoms with Crippen molar-refractivity contribution in [2.75, 3.05) is 13.2 Å². The zero-order valence-corrected chi connectivity index (χ0v) is 9.08. The molecule has 0 radical (unpaired) electrons. The van der Waals surface area contributed by atoms with Gasteiger partial charge < -0.3 is 14.3 Å².